The Morgan fingerprint density at radius 3 is 2.52 bits per heavy atom. The number of anilines is 1. The molecule has 0 spiro atoms. The van der Waals surface area contributed by atoms with Gasteiger partial charge in [-0.2, -0.15) is 0 Å². The lowest BCUT2D eigenvalue weighted by molar-refractivity contribution is -0.120. The molecular weight excluding hydrogens is 344 g/mol. The Kier molecular flexibility index (Phi) is 4.68. The fourth-order valence-electron chi connectivity index (χ4n) is 3.12. The Hall–Kier alpha value is -1.80. The lowest BCUT2D eigenvalue weighted by Crippen LogP contribution is -2.42. The summed E-state index contributed by atoms with van der Waals surface area (Å²) in [5.74, 6) is 0.365. The standard InChI is InChI=1S/C17H24N2O5S/c1-4-25(21,22)19-9-7-12(8-10-19)16(20)18-13-5-6-14-15(11-13)24-17(2,3)23-14/h5-6,11-12H,4,7-10H2,1-3H3,(H,18,20). The van der Waals surface area contributed by atoms with Gasteiger partial charge in [0.15, 0.2) is 11.5 Å². The first-order chi connectivity index (χ1) is 11.7. The maximum absolute atomic E-state index is 12.5. The Balaban J connectivity index is 1.59. The highest BCUT2D eigenvalue weighted by molar-refractivity contribution is 7.89. The molecule has 1 aromatic rings. The lowest BCUT2D eigenvalue weighted by Gasteiger charge is -2.30. The van der Waals surface area contributed by atoms with Crippen LogP contribution in [0.15, 0.2) is 18.2 Å². The molecule has 7 nitrogen and oxygen atoms in total. The molecule has 0 bridgehead atoms. The smallest absolute Gasteiger partial charge is 0.246 e. The van der Waals surface area contributed by atoms with E-state index >= 15 is 0 Å². The number of hydrogen-bond donors (Lipinski definition) is 1. The van der Waals surface area contributed by atoms with Crippen LogP contribution < -0.4 is 14.8 Å². The van der Waals surface area contributed by atoms with Crippen molar-refractivity contribution in [2.75, 3.05) is 24.2 Å². The van der Waals surface area contributed by atoms with E-state index in [0.29, 0.717) is 43.1 Å². The van der Waals surface area contributed by atoms with E-state index in [9.17, 15) is 13.2 Å². The van der Waals surface area contributed by atoms with Crippen LogP contribution in [-0.2, 0) is 14.8 Å². The van der Waals surface area contributed by atoms with Gasteiger partial charge in [0.05, 0.1) is 5.75 Å². The van der Waals surface area contributed by atoms with Crippen molar-refractivity contribution in [2.24, 2.45) is 5.92 Å². The zero-order valence-electron chi connectivity index (χ0n) is 14.7. The van der Waals surface area contributed by atoms with Crippen molar-refractivity contribution >= 4 is 21.6 Å². The first-order valence-electron chi connectivity index (χ1n) is 8.51. The molecule has 1 fully saturated rings. The van der Waals surface area contributed by atoms with Crippen LogP contribution in [0.3, 0.4) is 0 Å². The topological polar surface area (TPSA) is 84.9 Å². The number of carbonyl (C=O) groups excluding carboxylic acids is 1. The Morgan fingerprint density at radius 2 is 1.88 bits per heavy atom. The third kappa shape index (κ3) is 3.90. The molecule has 3 rings (SSSR count). The molecule has 2 aliphatic rings. The molecular formula is C17H24N2O5S. The third-order valence-corrected chi connectivity index (χ3v) is 6.39. The van der Waals surface area contributed by atoms with E-state index in [-0.39, 0.29) is 17.6 Å². The van der Waals surface area contributed by atoms with Gasteiger partial charge in [0.1, 0.15) is 0 Å². The van der Waals surface area contributed by atoms with Crippen molar-refractivity contribution < 1.29 is 22.7 Å². The van der Waals surface area contributed by atoms with Crippen molar-refractivity contribution in [3.05, 3.63) is 18.2 Å². The van der Waals surface area contributed by atoms with Gasteiger partial charge in [-0.3, -0.25) is 4.79 Å². The summed E-state index contributed by atoms with van der Waals surface area (Å²) in [5.41, 5.74) is 0.647. The van der Waals surface area contributed by atoms with E-state index in [0.717, 1.165) is 0 Å². The van der Waals surface area contributed by atoms with Crippen molar-refractivity contribution in [3.8, 4) is 11.5 Å². The second kappa shape index (κ2) is 6.49. The van der Waals surface area contributed by atoms with Gasteiger partial charge in [0.25, 0.3) is 0 Å². The van der Waals surface area contributed by atoms with Crippen LogP contribution in [-0.4, -0.2) is 43.3 Å². The van der Waals surface area contributed by atoms with Gasteiger partial charge in [0.2, 0.25) is 21.7 Å². The van der Waals surface area contributed by atoms with Crippen LogP contribution in [0.1, 0.15) is 33.6 Å². The maximum Gasteiger partial charge on any atom is 0.246 e. The zero-order chi connectivity index (χ0) is 18.2. The molecule has 0 aromatic heterocycles. The third-order valence-electron chi connectivity index (χ3n) is 4.51. The second-order valence-electron chi connectivity index (χ2n) is 6.83. The number of hydrogen-bond acceptors (Lipinski definition) is 5. The number of carbonyl (C=O) groups is 1. The molecule has 2 aliphatic heterocycles. The Morgan fingerprint density at radius 1 is 1.24 bits per heavy atom. The van der Waals surface area contributed by atoms with Crippen LogP contribution in [0.5, 0.6) is 11.5 Å². The molecule has 0 saturated carbocycles. The van der Waals surface area contributed by atoms with Crippen molar-refractivity contribution in [1.29, 1.82) is 0 Å². The van der Waals surface area contributed by atoms with E-state index in [4.69, 9.17) is 9.47 Å². The largest absolute Gasteiger partial charge is 0.449 e. The van der Waals surface area contributed by atoms with Crippen LogP contribution in [0, 0.1) is 5.92 Å². The molecule has 1 aromatic carbocycles. The highest BCUT2D eigenvalue weighted by atomic mass is 32.2. The van der Waals surface area contributed by atoms with Crippen molar-refractivity contribution in [2.45, 2.75) is 39.4 Å². The summed E-state index contributed by atoms with van der Waals surface area (Å²) < 4.78 is 36.5. The van der Waals surface area contributed by atoms with Gasteiger partial charge >= 0.3 is 0 Å². The predicted octanol–water partition coefficient (Wildman–Crippen LogP) is 2.19. The van der Waals surface area contributed by atoms with Crippen LogP contribution in [0.2, 0.25) is 0 Å². The average molecular weight is 368 g/mol. The quantitative estimate of drug-likeness (QED) is 0.881. The molecule has 0 radical (unpaired) electrons. The van der Waals surface area contributed by atoms with Gasteiger partial charge in [-0.15, -0.1) is 0 Å². The number of nitrogens with one attached hydrogen (secondary N) is 1. The monoisotopic (exact) mass is 368 g/mol. The van der Waals surface area contributed by atoms with Gasteiger partial charge in [-0.1, -0.05) is 0 Å². The summed E-state index contributed by atoms with van der Waals surface area (Å²) in [6.45, 7) is 6.06. The molecule has 2 heterocycles. The number of ether oxygens (including phenoxy) is 2. The van der Waals surface area contributed by atoms with Crippen LogP contribution >= 0.6 is 0 Å². The molecule has 25 heavy (non-hydrogen) atoms. The number of rotatable bonds is 4. The highest BCUT2D eigenvalue weighted by Crippen LogP contribution is 2.40. The Labute approximate surface area is 148 Å². The fraction of sp³-hybridized carbons (Fsp3) is 0.588. The van der Waals surface area contributed by atoms with Gasteiger partial charge in [-0.25, -0.2) is 12.7 Å². The molecule has 0 unspecified atom stereocenters. The number of benzene rings is 1. The molecule has 8 heteroatoms. The SMILES string of the molecule is CCS(=O)(=O)N1CCC(C(=O)Nc2ccc3c(c2)OC(C)(C)O3)CC1. The number of nitrogens with zero attached hydrogens (tertiary/aromatic N) is 1. The first kappa shape index (κ1) is 18.0. The lowest BCUT2D eigenvalue weighted by atomic mass is 9.97. The molecule has 1 N–H and O–H groups in total. The zero-order valence-corrected chi connectivity index (χ0v) is 15.6. The normalized spacial score (nSPS) is 20.4. The summed E-state index contributed by atoms with van der Waals surface area (Å²) in [7, 11) is -3.18. The summed E-state index contributed by atoms with van der Waals surface area (Å²) >= 11 is 0. The van der Waals surface area contributed by atoms with E-state index in [1.54, 1.807) is 25.1 Å². The molecule has 138 valence electrons. The minimum Gasteiger partial charge on any atom is -0.449 e. The average Bonchev–Trinajstić information content (AvgIpc) is 2.88. The Bertz CT molecular complexity index is 767. The van der Waals surface area contributed by atoms with Gasteiger partial charge in [0, 0.05) is 44.6 Å². The van der Waals surface area contributed by atoms with E-state index in [1.165, 1.54) is 4.31 Å². The predicted molar refractivity (Wildman–Crippen MR) is 94.2 cm³/mol. The minimum atomic E-state index is -3.18. The molecule has 0 atom stereocenters. The molecule has 1 amide bonds. The van der Waals surface area contributed by atoms with E-state index in [1.807, 2.05) is 13.8 Å². The highest BCUT2D eigenvalue weighted by Gasteiger charge is 2.33. The van der Waals surface area contributed by atoms with Gasteiger partial charge in [-0.05, 0) is 31.9 Å². The van der Waals surface area contributed by atoms with Gasteiger partial charge < -0.3 is 14.8 Å². The van der Waals surface area contributed by atoms with Crippen LogP contribution in [0.25, 0.3) is 0 Å². The number of sulfonamides is 1. The van der Waals surface area contributed by atoms with Crippen molar-refractivity contribution in [1.82, 2.24) is 4.31 Å². The summed E-state index contributed by atoms with van der Waals surface area (Å²) in [6, 6.07) is 5.30. The number of piperidine rings is 1. The van der Waals surface area contributed by atoms with E-state index in [2.05, 4.69) is 5.32 Å². The fourth-order valence-corrected chi connectivity index (χ4v) is 4.26. The molecule has 1 saturated heterocycles. The van der Waals surface area contributed by atoms with E-state index < -0.39 is 15.8 Å². The summed E-state index contributed by atoms with van der Waals surface area (Å²) in [4.78, 5) is 12.5. The van der Waals surface area contributed by atoms with Crippen LogP contribution in [0.4, 0.5) is 5.69 Å². The first-order valence-corrected chi connectivity index (χ1v) is 10.1. The maximum atomic E-state index is 12.5. The van der Waals surface area contributed by atoms with Crippen molar-refractivity contribution in [3.63, 3.8) is 0 Å². The minimum absolute atomic E-state index is 0.0910. The number of fused-ring (bicyclic) bond motifs is 1. The molecule has 0 aliphatic carbocycles. The second-order valence-corrected chi connectivity index (χ2v) is 9.09. The summed E-state index contributed by atoms with van der Waals surface area (Å²) in [6.07, 6.45) is 1.06. The summed E-state index contributed by atoms with van der Waals surface area (Å²) in [5, 5.41) is 2.89. The number of amides is 1.